The van der Waals surface area contributed by atoms with Crippen molar-refractivity contribution in [3.05, 3.63) is 41.1 Å². The minimum absolute atomic E-state index is 0.0467. The number of amides is 1. The predicted octanol–water partition coefficient (Wildman–Crippen LogP) is 0.505. The Hall–Kier alpha value is -2.51. The highest BCUT2D eigenvalue weighted by Gasteiger charge is 2.30. The minimum Gasteiger partial charge on any atom is -0.334 e. The van der Waals surface area contributed by atoms with E-state index in [-0.39, 0.29) is 17.6 Å². The van der Waals surface area contributed by atoms with Gasteiger partial charge >= 0.3 is 5.69 Å². The fraction of sp³-hybridized carbons (Fsp3) is 0.500. The molecule has 1 amide bonds. The number of aromatic amines is 1. The van der Waals surface area contributed by atoms with E-state index in [1.54, 1.807) is 17.1 Å². The van der Waals surface area contributed by atoms with Crippen LogP contribution < -0.4 is 5.69 Å². The van der Waals surface area contributed by atoms with Gasteiger partial charge in [-0.25, -0.2) is 14.8 Å². The molecule has 0 bridgehead atoms. The second-order valence-corrected chi connectivity index (χ2v) is 5.34. The smallest absolute Gasteiger partial charge is 0.334 e. The van der Waals surface area contributed by atoms with Gasteiger partial charge in [0.1, 0.15) is 12.7 Å². The fourth-order valence-corrected chi connectivity index (χ4v) is 2.85. The molecule has 22 heavy (non-hydrogen) atoms. The number of H-pyrrole nitrogens is 1. The lowest BCUT2D eigenvalue weighted by Gasteiger charge is -2.24. The third-order valence-electron chi connectivity index (χ3n) is 3.87. The second-order valence-electron chi connectivity index (χ2n) is 5.34. The number of likely N-dealkylation sites (tertiary alicyclic amines) is 1. The molecule has 8 heteroatoms. The zero-order chi connectivity index (χ0) is 15.4. The van der Waals surface area contributed by atoms with Gasteiger partial charge in [-0.3, -0.25) is 9.48 Å². The zero-order valence-corrected chi connectivity index (χ0v) is 12.2. The number of nitrogens with one attached hydrogen (secondary N) is 1. The first kappa shape index (κ1) is 14.4. The van der Waals surface area contributed by atoms with Crippen molar-refractivity contribution in [2.45, 2.75) is 38.3 Å². The van der Waals surface area contributed by atoms with Crippen LogP contribution >= 0.6 is 0 Å². The first-order chi connectivity index (χ1) is 10.7. The van der Waals surface area contributed by atoms with Gasteiger partial charge in [0.2, 0.25) is 5.91 Å². The maximum absolute atomic E-state index is 12.4. The van der Waals surface area contributed by atoms with Crippen LogP contribution in [-0.4, -0.2) is 42.1 Å². The Morgan fingerprint density at radius 1 is 1.45 bits per heavy atom. The summed E-state index contributed by atoms with van der Waals surface area (Å²) in [4.78, 5) is 35.8. The van der Waals surface area contributed by atoms with Crippen LogP contribution in [0, 0.1) is 0 Å². The van der Waals surface area contributed by atoms with Crippen molar-refractivity contribution in [3.63, 3.8) is 0 Å². The van der Waals surface area contributed by atoms with Gasteiger partial charge in [0.25, 0.3) is 0 Å². The number of rotatable bonds is 5. The van der Waals surface area contributed by atoms with Gasteiger partial charge in [0.15, 0.2) is 0 Å². The highest BCUT2D eigenvalue weighted by Crippen LogP contribution is 2.30. The summed E-state index contributed by atoms with van der Waals surface area (Å²) in [5.41, 5.74) is 0.394. The Bertz CT molecular complexity index is 681. The lowest BCUT2D eigenvalue weighted by molar-refractivity contribution is -0.132. The maximum atomic E-state index is 12.4. The molecule has 1 atom stereocenters. The van der Waals surface area contributed by atoms with Gasteiger partial charge in [0.05, 0.1) is 6.04 Å². The Kier molecular flexibility index (Phi) is 4.27. The molecule has 0 spiro atoms. The number of carbonyl (C=O) groups excluding carboxylic acids is 1. The van der Waals surface area contributed by atoms with Crippen LogP contribution in [0.4, 0.5) is 0 Å². The molecule has 0 aromatic carbocycles. The largest absolute Gasteiger partial charge is 0.345 e. The lowest BCUT2D eigenvalue weighted by Crippen LogP contribution is -2.32. The van der Waals surface area contributed by atoms with E-state index in [9.17, 15) is 9.59 Å². The summed E-state index contributed by atoms with van der Waals surface area (Å²) in [5, 5.41) is 4.02. The van der Waals surface area contributed by atoms with E-state index in [4.69, 9.17) is 0 Å². The summed E-state index contributed by atoms with van der Waals surface area (Å²) in [6, 6.07) is 1.72. The van der Waals surface area contributed by atoms with Crippen LogP contribution in [-0.2, 0) is 11.3 Å². The highest BCUT2D eigenvalue weighted by atomic mass is 16.2. The number of carbonyl (C=O) groups is 1. The van der Waals surface area contributed by atoms with E-state index in [2.05, 4.69) is 20.1 Å². The monoisotopic (exact) mass is 302 g/mol. The zero-order valence-electron chi connectivity index (χ0n) is 12.2. The molecule has 3 heterocycles. The first-order valence-corrected chi connectivity index (χ1v) is 7.41. The van der Waals surface area contributed by atoms with E-state index >= 15 is 0 Å². The molecule has 0 aliphatic carbocycles. The van der Waals surface area contributed by atoms with E-state index in [1.807, 2.05) is 4.90 Å². The minimum atomic E-state index is -0.372. The summed E-state index contributed by atoms with van der Waals surface area (Å²) < 4.78 is 1.72. The predicted molar refractivity (Wildman–Crippen MR) is 77.8 cm³/mol. The van der Waals surface area contributed by atoms with Gasteiger partial charge in [-0.05, 0) is 25.3 Å². The maximum Gasteiger partial charge on any atom is 0.345 e. The molecule has 1 aliphatic rings. The number of nitrogens with zero attached hydrogens (tertiary/aromatic N) is 5. The van der Waals surface area contributed by atoms with Crippen molar-refractivity contribution in [2.24, 2.45) is 0 Å². The van der Waals surface area contributed by atoms with Crippen LogP contribution in [0.1, 0.15) is 37.4 Å². The Morgan fingerprint density at radius 2 is 2.36 bits per heavy atom. The number of hydrogen-bond acceptors (Lipinski definition) is 5. The van der Waals surface area contributed by atoms with Gasteiger partial charge in [-0.2, -0.15) is 5.10 Å². The molecule has 2 aromatic heterocycles. The average molecular weight is 302 g/mol. The van der Waals surface area contributed by atoms with Gasteiger partial charge in [0, 0.05) is 31.4 Å². The quantitative estimate of drug-likeness (QED) is 0.867. The summed E-state index contributed by atoms with van der Waals surface area (Å²) in [7, 11) is 0. The molecule has 1 fully saturated rings. The summed E-state index contributed by atoms with van der Waals surface area (Å²) in [6.07, 6.45) is 7.62. The summed E-state index contributed by atoms with van der Waals surface area (Å²) >= 11 is 0. The van der Waals surface area contributed by atoms with Crippen LogP contribution in [0.2, 0.25) is 0 Å². The Labute approximate surface area is 127 Å². The number of aromatic nitrogens is 5. The lowest BCUT2D eigenvalue weighted by atomic mass is 10.1. The fourth-order valence-electron chi connectivity index (χ4n) is 2.85. The molecule has 0 saturated carbocycles. The van der Waals surface area contributed by atoms with Gasteiger partial charge < -0.3 is 9.88 Å². The molecule has 1 saturated heterocycles. The third kappa shape index (κ3) is 3.21. The standard InChI is InChI=1S/C14H18N6O2/c21-13(4-2-7-19-10-15-9-17-19)20-8-1-3-12(20)11-5-6-16-14(22)18-11/h5-6,9-10,12H,1-4,7-8H2,(H,16,18,22)/t12-/m1/s1. The summed E-state index contributed by atoms with van der Waals surface area (Å²) in [6.45, 7) is 1.41. The molecule has 3 rings (SSSR count). The Balaban J connectivity index is 1.60. The molecule has 1 N–H and O–H groups in total. The van der Waals surface area contributed by atoms with E-state index in [0.29, 0.717) is 13.0 Å². The topological polar surface area (TPSA) is 96.8 Å². The van der Waals surface area contributed by atoms with Crippen molar-refractivity contribution < 1.29 is 4.79 Å². The second kappa shape index (κ2) is 6.50. The number of hydrogen-bond donors (Lipinski definition) is 1. The van der Waals surface area contributed by atoms with E-state index < -0.39 is 0 Å². The third-order valence-corrected chi connectivity index (χ3v) is 3.87. The molecule has 0 radical (unpaired) electrons. The average Bonchev–Trinajstić information content (AvgIpc) is 3.18. The van der Waals surface area contributed by atoms with Crippen LogP contribution in [0.5, 0.6) is 0 Å². The summed E-state index contributed by atoms with van der Waals surface area (Å²) in [5.74, 6) is 0.111. The number of aryl methyl sites for hydroxylation is 1. The molecule has 8 nitrogen and oxygen atoms in total. The van der Waals surface area contributed by atoms with Crippen molar-refractivity contribution in [1.29, 1.82) is 0 Å². The SMILES string of the molecule is O=C(CCCn1cncn1)N1CCC[C@@H]1c1ccnc(=O)[nH]1. The molecule has 116 valence electrons. The van der Waals surface area contributed by atoms with E-state index in [1.165, 1.54) is 12.5 Å². The molecule has 1 aliphatic heterocycles. The normalized spacial score (nSPS) is 17.8. The van der Waals surface area contributed by atoms with Gasteiger partial charge in [-0.1, -0.05) is 0 Å². The van der Waals surface area contributed by atoms with Crippen molar-refractivity contribution in [1.82, 2.24) is 29.6 Å². The van der Waals surface area contributed by atoms with Crippen LogP contribution in [0.3, 0.4) is 0 Å². The van der Waals surface area contributed by atoms with Crippen LogP contribution in [0.25, 0.3) is 0 Å². The van der Waals surface area contributed by atoms with Crippen LogP contribution in [0.15, 0.2) is 29.7 Å². The molecule has 0 unspecified atom stereocenters. The van der Waals surface area contributed by atoms with Crippen molar-refractivity contribution in [3.8, 4) is 0 Å². The first-order valence-electron chi connectivity index (χ1n) is 7.41. The van der Waals surface area contributed by atoms with Crippen molar-refractivity contribution >= 4 is 5.91 Å². The Morgan fingerprint density at radius 3 is 3.14 bits per heavy atom. The molecular formula is C14H18N6O2. The van der Waals surface area contributed by atoms with Gasteiger partial charge in [-0.15, -0.1) is 0 Å². The van der Waals surface area contributed by atoms with E-state index in [0.717, 1.165) is 31.5 Å². The highest BCUT2D eigenvalue weighted by molar-refractivity contribution is 5.76. The molecule has 2 aromatic rings. The molecular weight excluding hydrogens is 284 g/mol. The van der Waals surface area contributed by atoms with Crippen molar-refractivity contribution in [2.75, 3.05) is 6.54 Å².